The van der Waals surface area contributed by atoms with E-state index in [9.17, 15) is 39.6 Å². The van der Waals surface area contributed by atoms with Crippen molar-refractivity contribution in [2.75, 3.05) is 14.1 Å². The predicted molar refractivity (Wildman–Crippen MR) is 124 cm³/mol. The highest BCUT2D eigenvalue weighted by Gasteiger charge is 2.69. The average molecular weight is 498 g/mol. The van der Waals surface area contributed by atoms with Crippen molar-refractivity contribution in [1.29, 1.82) is 0 Å². The number of fused-ring (bicyclic) bond motifs is 3. The molecule has 0 aliphatic heterocycles. The first-order valence-corrected chi connectivity index (χ1v) is 11.1. The largest absolute Gasteiger partial charge is 0.508 e. The Kier molecular flexibility index (Phi) is 5.81. The van der Waals surface area contributed by atoms with Crippen LogP contribution < -0.4 is 5.73 Å². The molecule has 0 bridgehead atoms. The molecule has 6 unspecified atom stereocenters. The standard InChI is InChI=1S/C25H26N2O9/c1-5-12(29)36-21-13-9(2)10-7-6-8-11(28)14(10)19(30)15(13)22(32)25(35)17(21)18(27(3)4)20(31)16(23(25)33)24(26)34/h5-9,13,17-18,21,28,30,33,35H,1H2,2-4H3,(H2,26,34). The number of esters is 1. The highest BCUT2D eigenvalue weighted by molar-refractivity contribution is 6.24. The van der Waals surface area contributed by atoms with Gasteiger partial charge in [-0.15, -0.1) is 0 Å². The Bertz CT molecular complexity index is 1290. The molecule has 3 aliphatic carbocycles. The monoisotopic (exact) mass is 498 g/mol. The van der Waals surface area contributed by atoms with Gasteiger partial charge in [0.25, 0.3) is 5.91 Å². The van der Waals surface area contributed by atoms with Crippen molar-refractivity contribution < 1.29 is 44.3 Å². The van der Waals surface area contributed by atoms with E-state index in [1.807, 2.05) is 0 Å². The second-order valence-electron chi connectivity index (χ2n) is 9.41. The van der Waals surface area contributed by atoms with E-state index in [-0.39, 0.29) is 11.3 Å². The van der Waals surface area contributed by atoms with Crippen LogP contribution in [0.25, 0.3) is 5.76 Å². The molecule has 11 heteroatoms. The number of aromatic hydroxyl groups is 1. The van der Waals surface area contributed by atoms with Crippen LogP contribution in [0.3, 0.4) is 0 Å². The fraction of sp³-hybridized carbons (Fsp3) is 0.360. The summed E-state index contributed by atoms with van der Waals surface area (Å²) in [6.07, 6.45) is -0.611. The first kappa shape index (κ1) is 25.1. The number of benzene rings is 1. The zero-order chi connectivity index (χ0) is 26.9. The van der Waals surface area contributed by atoms with Gasteiger partial charge < -0.3 is 30.9 Å². The quantitative estimate of drug-likeness (QED) is 0.218. The number of primary amides is 1. The number of ether oxygens (including phenoxy) is 1. The van der Waals surface area contributed by atoms with Crippen LogP contribution in [0, 0.1) is 11.8 Å². The number of carbonyl (C=O) groups is 4. The van der Waals surface area contributed by atoms with Crippen LogP contribution in [0.2, 0.25) is 0 Å². The number of rotatable bonds is 4. The molecule has 11 nitrogen and oxygen atoms in total. The molecule has 0 saturated heterocycles. The second kappa shape index (κ2) is 8.32. The number of Topliss-reactive ketones (excluding diaryl/α,β-unsaturated/α-hetero) is 2. The minimum Gasteiger partial charge on any atom is -0.508 e. The van der Waals surface area contributed by atoms with Gasteiger partial charge in [-0.05, 0) is 31.6 Å². The minimum absolute atomic E-state index is 0.0601. The van der Waals surface area contributed by atoms with Gasteiger partial charge >= 0.3 is 5.97 Å². The molecule has 3 aliphatic rings. The van der Waals surface area contributed by atoms with Gasteiger partial charge in [0.05, 0.1) is 17.5 Å². The lowest BCUT2D eigenvalue weighted by Crippen LogP contribution is -2.71. The first-order valence-electron chi connectivity index (χ1n) is 11.1. The van der Waals surface area contributed by atoms with E-state index in [4.69, 9.17) is 10.5 Å². The number of nitrogens with two attached hydrogens (primary N) is 1. The molecular formula is C25H26N2O9. The number of hydrogen-bond acceptors (Lipinski definition) is 10. The van der Waals surface area contributed by atoms with E-state index in [1.54, 1.807) is 13.0 Å². The molecule has 1 amide bonds. The SMILES string of the molecule is C=CC(=O)OC1C2C(=C(O)c3c(O)cccc3C2C)C(=O)C2(O)C(O)=C(C(N)=O)C(=O)C(N(C)C)C12. The number of amides is 1. The number of likely N-dealkylation sites (N-methyl/N-ethyl adjacent to an activating group) is 1. The number of ketones is 2. The Labute approximate surface area is 205 Å². The molecular weight excluding hydrogens is 472 g/mol. The normalized spacial score (nSPS) is 31.5. The van der Waals surface area contributed by atoms with Crippen molar-refractivity contribution in [3.05, 3.63) is 58.9 Å². The van der Waals surface area contributed by atoms with Gasteiger partial charge in [0.2, 0.25) is 5.78 Å². The Hall–Kier alpha value is -3.96. The van der Waals surface area contributed by atoms with Gasteiger partial charge in [-0.1, -0.05) is 25.6 Å². The van der Waals surface area contributed by atoms with Gasteiger partial charge in [0.15, 0.2) is 11.4 Å². The summed E-state index contributed by atoms with van der Waals surface area (Å²) < 4.78 is 5.62. The molecule has 36 heavy (non-hydrogen) atoms. The zero-order valence-electron chi connectivity index (χ0n) is 19.8. The van der Waals surface area contributed by atoms with Crippen molar-refractivity contribution in [3.8, 4) is 5.75 Å². The van der Waals surface area contributed by atoms with E-state index < -0.39 is 81.6 Å². The summed E-state index contributed by atoms with van der Waals surface area (Å²) in [5.41, 5.74) is 1.32. The molecule has 6 atom stereocenters. The maximum Gasteiger partial charge on any atom is 0.330 e. The molecule has 1 saturated carbocycles. The smallest absolute Gasteiger partial charge is 0.330 e. The summed E-state index contributed by atoms with van der Waals surface area (Å²) >= 11 is 0. The summed E-state index contributed by atoms with van der Waals surface area (Å²) in [5, 5.41) is 44.5. The van der Waals surface area contributed by atoms with E-state index in [0.29, 0.717) is 5.56 Å². The van der Waals surface area contributed by atoms with Crippen molar-refractivity contribution in [2.24, 2.45) is 17.6 Å². The number of hydrogen-bond donors (Lipinski definition) is 5. The van der Waals surface area contributed by atoms with Crippen molar-refractivity contribution in [1.82, 2.24) is 4.90 Å². The Morgan fingerprint density at radius 3 is 2.39 bits per heavy atom. The summed E-state index contributed by atoms with van der Waals surface area (Å²) in [5.74, 6) is -10.2. The third kappa shape index (κ3) is 3.12. The van der Waals surface area contributed by atoms with Crippen molar-refractivity contribution in [2.45, 2.75) is 30.6 Å². The van der Waals surface area contributed by atoms with Crippen LogP contribution in [-0.2, 0) is 23.9 Å². The lowest BCUT2D eigenvalue weighted by molar-refractivity contribution is -0.182. The molecule has 0 spiro atoms. The van der Waals surface area contributed by atoms with E-state index in [0.717, 1.165) is 6.08 Å². The average Bonchev–Trinajstić information content (AvgIpc) is 2.80. The summed E-state index contributed by atoms with van der Waals surface area (Å²) in [7, 11) is 2.89. The molecule has 1 aromatic rings. The molecule has 0 aromatic heterocycles. The number of carbonyl (C=O) groups excluding carboxylic acids is 4. The van der Waals surface area contributed by atoms with Gasteiger partial charge in [0, 0.05) is 17.6 Å². The number of aliphatic hydroxyl groups is 3. The van der Waals surface area contributed by atoms with Crippen LogP contribution in [0.1, 0.15) is 24.0 Å². The van der Waals surface area contributed by atoms with Gasteiger partial charge in [-0.2, -0.15) is 0 Å². The van der Waals surface area contributed by atoms with Gasteiger partial charge in [-0.3, -0.25) is 19.3 Å². The predicted octanol–water partition coefficient (Wildman–Crippen LogP) is 0.233. The van der Waals surface area contributed by atoms with E-state index in [1.165, 1.54) is 31.1 Å². The zero-order valence-corrected chi connectivity index (χ0v) is 19.8. The second-order valence-corrected chi connectivity index (χ2v) is 9.41. The highest BCUT2D eigenvalue weighted by Crippen LogP contribution is 2.56. The highest BCUT2D eigenvalue weighted by atomic mass is 16.5. The van der Waals surface area contributed by atoms with Crippen molar-refractivity contribution >= 4 is 29.2 Å². The van der Waals surface area contributed by atoms with Crippen LogP contribution in [-0.4, -0.2) is 80.6 Å². The lowest BCUT2D eigenvalue weighted by Gasteiger charge is -2.54. The van der Waals surface area contributed by atoms with Crippen LogP contribution in [0.4, 0.5) is 0 Å². The van der Waals surface area contributed by atoms with Crippen LogP contribution in [0.5, 0.6) is 5.75 Å². The lowest BCUT2D eigenvalue weighted by atomic mass is 9.54. The van der Waals surface area contributed by atoms with Crippen molar-refractivity contribution in [3.63, 3.8) is 0 Å². The fourth-order valence-corrected chi connectivity index (χ4v) is 5.87. The molecule has 1 aromatic carbocycles. The molecule has 6 N–H and O–H groups in total. The minimum atomic E-state index is -2.97. The Balaban J connectivity index is 2.12. The summed E-state index contributed by atoms with van der Waals surface area (Å²) in [4.78, 5) is 53.2. The third-order valence-corrected chi connectivity index (χ3v) is 7.38. The molecule has 0 heterocycles. The maximum atomic E-state index is 14.0. The van der Waals surface area contributed by atoms with E-state index in [2.05, 4.69) is 6.58 Å². The Morgan fingerprint density at radius 1 is 1.19 bits per heavy atom. The number of aliphatic hydroxyl groups excluding tert-OH is 2. The fourth-order valence-electron chi connectivity index (χ4n) is 5.87. The van der Waals surface area contributed by atoms with Gasteiger partial charge in [0.1, 0.15) is 28.9 Å². The molecule has 190 valence electrons. The topological polar surface area (TPSA) is 188 Å². The molecule has 1 fully saturated rings. The number of phenolic OH excluding ortho intramolecular Hbond substituents is 1. The summed E-state index contributed by atoms with van der Waals surface area (Å²) in [6.45, 7) is 5.04. The number of phenols is 1. The molecule has 4 rings (SSSR count). The molecule has 0 radical (unpaired) electrons. The van der Waals surface area contributed by atoms with E-state index >= 15 is 0 Å². The van der Waals surface area contributed by atoms with Crippen LogP contribution >= 0.6 is 0 Å². The number of nitrogens with zero attached hydrogens (tertiary/aromatic N) is 1. The van der Waals surface area contributed by atoms with Crippen LogP contribution in [0.15, 0.2) is 47.8 Å². The van der Waals surface area contributed by atoms with Gasteiger partial charge in [-0.25, -0.2) is 4.79 Å². The Morgan fingerprint density at radius 2 is 1.83 bits per heavy atom. The summed E-state index contributed by atoms with van der Waals surface area (Å²) in [6, 6.07) is 3.02. The third-order valence-electron chi connectivity index (χ3n) is 7.38. The first-order chi connectivity index (χ1) is 16.8. The maximum absolute atomic E-state index is 14.0.